The topological polar surface area (TPSA) is 106 Å². The van der Waals surface area contributed by atoms with Gasteiger partial charge in [0.1, 0.15) is 11.4 Å². The van der Waals surface area contributed by atoms with E-state index in [-0.39, 0.29) is 29.4 Å². The number of likely N-dealkylation sites (N-methyl/N-ethyl adjacent to an activating group) is 1. The summed E-state index contributed by atoms with van der Waals surface area (Å²) < 4.78 is 35.5. The number of alkyl halides is 2. The van der Waals surface area contributed by atoms with E-state index in [0.717, 1.165) is 62.4 Å². The van der Waals surface area contributed by atoms with Crippen LogP contribution in [0.25, 0.3) is 0 Å². The summed E-state index contributed by atoms with van der Waals surface area (Å²) >= 11 is 0. The van der Waals surface area contributed by atoms with Gasteiger partial charge in [0.25, 0.3) is 11.8 Å². The van der Waals surface area contributed by atoms with Gasteiger partial charge in [-0.2, -0.15) is 13.8 Å². The first-order chi connectivity index (χ1) is 21.6. The van der Waals surface area contributed by atoms with Crippen molar-refractivity contribution in [1.29, 1.82) is 0 Å². The number of nitrogens with one attached hydrogen (secondary N) is 2. The number of hydrogen-bond donors (Lipinski definition) is 2. The average molecular weight is 621 g/mol. The van der Waals surface area contributed by atoms with Crippen LogP contribution in [-0.4, -0.2) is 92.6 Å². The summed E-state index contributed by atoms with van der Waals surface area (Å²) in [6, 6.07) is 12.6. The fourth-order valence-electron chi connectivity index (χ4n) is 6.21. The molecule has 2 amide bonds. The number of aromatic nitrogens is 2. The molecule has 0 spiro atoms. The van der Waals surface area contributed by atoms with Crippen LogP contribution in [0.4, 0.5) is 43.3 Å². The molecule has 3 heterocycles. The highest BCUT2D eigenvalue weighted by molar-refractivity contribution is 6.05. The van der Waals surface area contributed by atoms with Gasteiger partial charge in [-0.3, -0.25) is 9.59 Å². The summed E-state index contributed by atoms with van der Waals surface area (Å²) in [5.74, 6) is -4.33. The van der Waals surface area contributed by atoms with E-state index in [1.54, 1.807) is 23.1 Å². The molecule has 1 saturated carbocycles. The van der Waals surface area contributed by atoms with Crippen molar-refractivity contribution in [2.45, 2.75) is 37.6 Å². The highest BCUT2D eigenvalue weighted by atomic mass is 19.3. The van der Waals surface area contributed by atoms with E-state index in [2.05, 4.69) is 37.4 Å². The molecule has 45 heavy (non-hydrogen) atoms. The van der Waals surface area contributed by atoms with Crippen LogP contribution >= 0.6 is 0 Å². The molecule has 0 unspecified atom stereocenters. The third kappa shape index (κ3) is 6.35. The summed E-state index contributed by atoms with van der Waals surface area (Å²) in [4.78, 5) is 41.8. The molecule has 0 radical (unpaired) electrons. The lowest BCUT2D eigenvalue weighted by Gasteiger charge is -2.34. The van der Waals surface area contributed by atoms with E-state index in [9.17, 15) is 18.4 Å². The van der Waals surface area contributed by atoms with Crippen LogP contribution in [0, 0.1) is 0 Å². The Bertz CT molecular complexity index is 1570. The molecule has 13 heteroatoms. The number of benzene rings is 2. The quantitative estimate of drug-likeness (QED) is 0.392. The summed E-state index contributed by atoms with van der Waals surface area (Å²) in [5.41, 5.74) is 2.86. The summed E-state index contributed by atoms with van der Waals surface area (Å²) in [6.07, 6.45) is 4.74. The summed E-state index contributed by atoms with van der Waals surface area (Å²) in [6.45, 7) is 3.08. The molecule has 2 aromatic carbocycles. The van der Waals surface area contributed by atoms with Crippen molar-refractivity contribution in [3.63, 3.8) is 0 Å². The first-order valence-corrected chi connectivity index (χ1v) is 15.2. The second kappa shape index (κ2) is 12.5. The normalized spacial score (nSPS) is 18.9. The fourth-order valence-corrected chi connectivity index (χ4v) is 6.21. The maximum absolute atomic E-state index is 14.9. The zero-order chi connectivity index (χ0) is 31.7. The van der Waals surface area contributed by atoms with E-state index in [4.69, 9.17) is 4.74 Å². The average Bonchev–Trinajstić information content (AvgIpc) is 3.56. The summed E-state index contributed by atoms with van der Waals surface area (Å²) in [5, 5.41) is 6.09. The molecule has 1 saturated heterocycles. The second-order valence-corrected chi connectivity index (χ2v) is 11.9. The first-order valence-electron chi connectivity index (χ1n) is 15.2. The molecule has 2 aliphatic heterocycles. The van der Waals surface area contributed by atoms with Gasteiger partial charge in [0, 0.05) is 56.2 Å². The minimum atomic E-state index is -3.56. The van der Waals surface area contributed by atoms with Crippen molar-refractivity contribution in [3.8, 4) is 5.75 Å². The Kier molecular flexibility index (Phi) is 8.45. The number of ether oxygens (including phenoxy) is 1. The van der Waals surface area contributed by atoms with E-state index in [1.807, 2.05) is 24.3 Å². The number of halogens is 2. The number of anilines is 6. The standard InChI is InChI=1S/C32H38F2N8O3/c1-39-13-15-41(16-14-39)24-10-6-7-22(18-24)36-29(43)21-11-12-25(27(17-21)45-3)37-31-35-19-26-28(38-31)42(23-8-4-5-9-23)20-32(33,34)30(44)40(26)2/h6-7,10-12,17-19,23H,4-5,8-9,13-16,20H2,1-3H3,(H,36,43)(H,35,37,38). The maximum atomic E-state index is 14.9. The van der Waals surface area contributed by atoms with Crippen LogP contribution in [0.5, 0.6) is 5.75 Å². The minimum Gasteiger partial charge on any atom is -0.495 e. The van der Waals surface area contributed by atoms with Crippen LogP contribution in [0.2, 0.25) is 0 Å². The maximum Gasteiger partial charge on any atom is 0.342 e. The molecule has 6 rings (SSSR count). The van der Waals surface area contributed by atoms with E-state index in [1.165, 1.54) is 20.4 Å². The van der Waals surface area contributed by atoms with Crippen molar-refractivity contribution >= 4 is 46.3 Å². The van der Waals surface area contributed by atoms with Gasteiger partial charge >= 0.3 is 5.92 Å². The van der Waals surface area contributed by atoms with Gasteiger partial charge in [0.15, 0.2) is 5.82 Å². The Hall–Kier alpha value is -4.52. The smallest absolute Gasteiger partial charge is 0.342 e. The molecule has 1 aromatic heterocycles. The molecular formula is C32H38F2N8O3. The molecule has 2 N–H and O–H groups in total. The van der Waals surface area contributed by atoms with Crippen molar-refractivity contribution in [2.24, 2.45) is 0 Å². The second-order valence-electron chi connectivity index (χ2n) is 11.9. The molecule has 2 fully saturated rings. The van der Waals surface area contributed by atoms with Gasteiger partial charge in [0.2, 0.25) is 5.95 Å². The van der Waals surface area contributed by atoms with Gasteiger partial charge in [-0.15, -0.1) is 0 Å². The van der Waals surface area contributed by atoms with Crippen molar-refractivity contribution in [3.05, 3.63) is 54.2 Å². The Balaban J connectivity index is 1.21. The Labute approximate surface area is 261 Å². The molecule has 3 aromatic rings. The van der Waals surface area contributed by atoms with Gasteiger partial charge in [-0.25, -0.2) is 4.98 Å². The monoisotopic (exact) mass is 620 g/mol. The molecule has 11 nitrogen and oxygen atoms in total. The molecular weight excluding hydrogens is 582 g/mol. The minimum absolute atomic E-state index is 0.147. The third-order valence-corrected chi connectivity index (χ3v) is 8.82. The van der Waals surface area contributed by atoms with E-state index < -0.39 is 18.4 Å². The van der Waals surface area contributed by atoms with Crippen LogP contribution in [-0.2, 0) is 4.79 Å². The van der Waals surface area contributed by atoms with E-state index >= 15 is 0 Å². The van der Waals surface area contributed by atoms with Crippen molar-refractivity contribution in [1.82, 2.24) is 14.9 Å². The number of rotatable bonds is 7. The summed E-state index contributed by atoms with van der Waals surface area (Å²) in [7, 11) is 4.92. The zero-order valence-corrected chi connectivity index (χ0v) is 25.7. The van der Waals surface area contributed by atoms with Gasteiger partial charge in [-0.05, 0) is 56.3 Å². The fraction of sp³-hybridized carbons (Fsp3) is 0.438. The van der Waals surface area contributed by atoms with E-state index in [0.29, 0.717) is 22.7 Å². The number of piperazine rings is 1. The predicted octanol–water partition coefficient (Wildman–Crippen LogP) is 4.59. The SMILES string of the molecule is COc1cc(C(=O)Nc2cccc(N3CCN(C)CC3)c2)ccc1Nc1ncc2c(n1)N(C1CCCC1)CC(F)(F)C(=O)N2C. The molecule has 0 bridgehead atoms. The molecule has 238 valence electrons. The highest BCUT2D eigenvalue weighted by Crippen LogP contribution is 2.40. The third-order valence-electron chi connectivity index (χ3n) is 8.82. The number of carbonyl (C=O) groups excluding carboxylic acids is 2. The van der Waals surface area contributed by atoms with Crippen LogP contribution < -0.4 is 30.1 Å². The van der Waals surface area contributed by atoms with Gasteiger partial charge < -0.3 is 35.0 Å². The Morgan fingerprint density at radius 2 is 1.80 bits per heavy atom. The number of amides is 2. The van der Waals surface area contributed by atoms with Crippen LogP contribution in [0.15, 0.2) is 48.7 Å². The first kappa shape index (κ1) is 30.5. The zero-order valence-electron chi connectivity index (χ0n) is 25.7. The van der Waals surface area contributed by atoms with Crippen LogP contribution in [0.3, 0.4) is 0 Å². The lowest BCUT2D eigenvalue weighted by atomic mass is 10.1. The molecule has 3 aliphatic rings. The number of hydrogen-bond acceptors (Lipinski definition) is 9. The van der Waals surface area contributed by atoms with Crippen molar-refractivity contribution in [2.75, 3.05) is 79.3 Å². The molecule has 0 atom stereocenters. The lowest BCUT2D eigenvalue weighted by molar-refractivity contribution is -0.140. The Morgan fingerprint density at radius 3 is 2.53 bits per heavy atom. The molecule has 1 aliphatic carbocycles. The number of nitrogens with zero attached hydrogens (tertiary/aromatic N) is 6. The Morgan fingerprint density at radius 1 is 1.04 bits per heavy atom. The largest absolute Gasteiger partial charge is 0.495 e. The predicted molar refractivity (Wildman–Crippen MR) is 170 cm³/mol. The number of carbonyl (C=O) groups is 2. The van der Waals surface area contributed by atoms with Crippen LogP contribution in [0.1, 0.15) is 36.0 Å². The van der Waals surface area contributed by atoms with Gasteiger partial charge in [-0.1, -0.05) is 18.9 Å². The highest BCUT2D eigenvalue weighted by Gasteiger charge is 2.48. The van der Waals surface area contributed by atoms with Crippen molar-refractivity contribution < 1.29 is 23.1 Å². The number of fused-ring (bicyclic) bond motifs is 1. The van der Waals surface area contributed by atoms with Gasteiger partial charge in [0.05, 0.1) is 25.5 Å². The number of methoxy groups -OCH3 is 1. The lowest BCUT2D eigenvalue weighted by Crippen LogP contribution is -2.48.